The Bertz CT molecular complexity index is 717. The zero-order valence-corrected chi connectivity index (χ0v) is 11.3. The van der Waals surface area contributed by atoms with E-state index in [-0.39, 0.29) is 0 Å². The van der Waals surface area contributed by atoms with Gasteiger partial charge in [-0.1, -0.05) is 42.5 Å². The molecule has 0 heterocycles. The molecule has 0 unspecified atom stereocenters. The van der Waals surface area contributed by atoms with E-state index in [9.17, 15) is 0 Å². The molecule has 2 heteroatoms. The van der Waals surface area contributed by atoms with Crippen LogP contribution in [-0.4, -0.2) is 0 Å². The molecule has 0 aromatic heterocycles. The summed E-state index contributed by atoms with van der Waals surface area (Å²) in [6.07, 6.45) is 0. The largest absolute Gasteiger partial charge is 0.122 e. The zero-order chi connectivity index (χ0) is 12.5. The van der Waals surface area contributed by atoms with Gasteiger partial charge < -0.3 is 0 Å². The second kappa shape index (κ2) is 4.79. The highest BCUT2D eigenvalue weighted by Crippen LogP contribution is 2.32. The van der Waals surface area contributed by atoms with Crippen LogP contribution in [0.2, 0.25) is 0 Å². The predicted octanol–water partition coefficient (Wildman–Crippen LogP) is 5.47. The lowest BCUT2D eigenvalue weighted by molar-refractivity contribution is 1.41. The molecule has 0 bridgehead atoms. The summed E-state index contributed by atoms with van der Waals surface area (Å²) < 4.78 is 0. The van der Waals surface area contributed by atoms with Gasteiger partial charge in [0.1, 0.15) is 0 Å². The average Bonchev–Trinajstić information content (AvgIpc) is 2.44. The van der Waals surface area contributed by atoms with Gasteiger partial charge in [0.25, 0.3) is 0 Å². The highest BCUT2D eigenvalue weighted by Gasteiger charge is 2.09. The third-order valence-corrected chi connectivity index (χ3v) is 3.91. The molecule has 0 saturated heterocycles. The van der Waals surface area contributed by atoms with E-state index in [0.29, 0.717) is 11.8 Å². The molecule has 0 radical (unpaired) electrons. The Morgan fingerprint density at radius 1 is 0.778 bits per heavy atom. The van der Waals surface area contributed by atoms with Crippen molar-refractivity contribution in [3.8, 4) is 0 Å². The second-order valence-corrected chi connectivity index (χ2v) is 4.89. The first kappa shape index (κ1) is 11.8. The SMILES string of the molecule is ClCc1cccc2cc3ccccc3c(CCl)c12. The number of fused-ring (bicyclic) bond motifs is 2. The van der Waals surface area contributed by atoms with Crippen LogP contribution >= 0.6 is 23.2 Å². The summed E-state index contributed by atoms with van der Waals surface area (Å²) in [7, 11) is 0. The van der Waals surface area contributed by atoms with Gasteiger partial charge in [-0.2, -0.15) is 0 Å². The monoisotopic (exact) mass is 274 g/mol. The van der Waals surface area contributed by atoms with Crippen molar-refractivity contribution in [2.75, 3.05) is 0 Å². The summed E-state index contributed by atoms with van der Waals surface area (Å²) in [5, 5.41) is 4.87. The van der Waals surface area contributed by atoms with Crippen molar-refractivity contribution >= 4 is 44.7 Å². The maximum Gasteiger partial charge on any atom is 0.0486 e. The van der Waals surface area contributed by atoms with Crippen LogP contribution in [0.5, 0.6) is 0 Å². The Kier molecular flexibility index (Phi) is 3.15. The molecule has 0 atom stereocenters. The first-order chi connectivity index (χ1) is 8.85. The summed E-state index contributed by atoms with van der Waals surface area (Å²) in [5.41, 5.74) is 2.33. The van der Waals surface area contributed by atoms with Crippen LogP contribution in [0.3, 0.4) is 0 Å². The number of halogens is 2. The molecule has 0 saturated carbocycles. The summed E-state index contributed by atoms with van der Waals surface area (Å²) in [4.78, 5) is 0. The van der Waals surface area contributed by atoms with Crippen molar-refractivity contribution in [2.45, 2.75) is 11.8 Å². The number of hydrogen-bond donors (Lipinski definition) is 0. The van der Waals surface area contributed by atoms with E-state index in [4.69, 9.17) is 23.2 Å². The number of rotatable bonds is 2. The molecule has 3 aromatic carbocycles. The Morgan fingerprint density at radius 3 is 2.33 bits per heavy atom. The molecule has 0 aliphatic carbocycles. The summed E-state index contributed by atoms with van der Waals surface area (Å²) in [6, 6.07) is 16.8. The Balaban J connectivity index is 2.55. The van der Waals surface area contributed by atoms with Crippen molar-refractivity contribution in [3.05, 3.63) is 59.7 Å². The Hall–Kier alpha value is -1.24. The maximum absolute atomic E-state index is 6.17. The fourth-order valence-electron chi connectivity index (χ4n) is 2.56. The van der Waals surface area contributed by atoms with E-state index in [1.165, 1.54) is 27.1 Å². The quantitative estimate of drug-likeness (QED) is 0.429. The molecule has 90 valence electrons. The van der Waals surface area contributed by atoms with Gasteiger partial charge in [0.15, 0.2) is 0 Å². The summed E-state index contributed by atoms with van der Waals surface area (Å²) in [6.45, 7) is 0. The first-order valence-electron chi connectivity index (χ1n) is 5.89. The molecular weight excluding hydrogens is 263 g/mol. The minimum Gasteiger partial charge on any atom is -0.122 e. The van der Waals surface area contributed by atoms with E-state index in [1.807, 2.05) is 12.1 Å². The van der Waals surface area contributed by atoms with Crippen LogP contribution in [0.1, 0.15) is 11.1 Å². The van der Waals surface area contributed by atoms with Crippen LogP contribution in [0.15, 0.2) is 48.5 Å². The van der Waals surface area contributed by atoms with Crippen LogP contribution < -0.4 is 0 Å². The fraction of sp³-hybridized carbons (Fsp3) is 0.125. The topological polar surface area (TPSA) is 0 Å². The van der Waals surface area contributed by atoms with Gasteiger partial charge in [-0.15, -0.1) is 23.2 Å². The highest BCUT2D eigenvalue weighted by atomic mass is 35.5. The van der Waals surface area contributed by atoms with Gasteiger partial charge in [-0.25, -0.2) is 0 Å². The van der Waals surface area contributed by atoms with Crippen molar-refractivity contribution in [1.82, 2.24) is 0 Å². The molecular formula is C16H12Cl2. The van der Waals surface area contributed by atoms with E-state index >= 15 is 0 Å². The molecule has 0 aliphatic heterocycles. The smallest absolute Gasteiger partial charge is 0.0486 e. The van der Waals surface area contributed by atoms with Crippen LogP contribution in [0.4, 0.5) is 0 Å². The number of hydrogen-bond acceptors (Lipinski definition) is 0. The van der Waals surface area contributed by atoms with E-state index < -0.39 is 0 Å². The molecule has 3 aromatic rings. The normalized spacial score (nSPS) is 11.2. The van der Waals surface area contributed by atoms with Gasteiger partial charge in [-0.05, 0) is 38.7 Å². The minimum absolute atomic E-state index is 0.506. The van der Waals surface area contributed by atoms with Crippen molar-refractivity contribution in [1.29, 1.82) is 0 Å². The molecule has 0 N–H and O–H groups in total. The average molecular weight is 275 g/mol. The lowest BCUT2D eigenvalue weighted by Crippen LogP contribution is -1.90. The molecule has 0 nitrogen and oxygen atoms in total. The summed E-state index contributed by atoms with van der Waals surface area (Å²) >= 11 is 12.2. The van der Waals surface area contributed by atoms with Crippen LogP contribution in [0.25, 0.3) is 21.5 Å². The molecule has 18 heavy (non-hydrogen) atoms. The Labute approximate surface area is 116 Å². The van der Waals surface area contributed by atoms with E-state index in [1.54, 1.807) is 0 Å². The third-order valence-electron chi connectivity index (χ3n) is 3.36. The predicted molar refractivity (Wildman–Crippen MR) is 80.6 cm³/mol. The van der Waals surface area contributed by atoms with Crippen LogP contribution in [-0.2, 0) is 11.8 Å². The van der Waals surface area contributed by atoms with Gasteiger partial charge in [-0.3, -0.25) is 0 Å². The van der Waals surface area contributed by atoms with Crippen LogP contribution in [0, 0.1) is 0 Å². The third kappa shape index (κ3) is 1.77. The highest BCUT2D eigenvalue weighted by molar-refractivity contribution is 6.21. The molecule has 3 rings (SSSR count). The minimum atomic E-state index is 0.506. The maximum atomic E-state index is 6.17. The van der Waals surface area contributed by atoms with Gasteiger partial charge >= 0.3 is 0 Å². The lowest BCUT2D eigenvalue weighted by atomic mass is 9.95. The molecule has 0 fully saturated rings. The summed E-state index contributed by atoms with van der Waals surface area (Å²) in [5.74, 6) is 1.02. The Morgan fingerprint density at radius 2 is 1.56 bits per heavy atom. The van der Waals surface area contributed by atoms with Crippen molar-refractivity contribution < 1.29 is 0 Å². The van der Waals surface area contributed by atoms with E-state index in [0.717, 1.165) is 5.56 Å². The second-order valence-electron chi connectivity index (χ2n) is 4.36. The molecule has 0 aliphatic rings. The molecule has 0 spiro atoms. The number of benzene rings is 3. The van der Waals surface area contributed by atoms with Crippen molar-refractivity contribution in [3.63, 3.8) is 0 Å². The van der Waals surface area contributed by atoms with Gasteiger partial charge in [0.2, 0.25) is 0 Å². The lowest BCUT2D eigenvalue weighted by Gasteiger charge is -2.12. The molecule has 0 amide bonds. The number of alkyl halides is 2. The fourth-order valence-corrected chi connectivity index (χ4v) is 3.06. The standard InChI is InChI=1S/C16H12Cl2/c17-9-13-6-3-5-12-8-11-4-1-2-7-14(11)15(10-18)16(12)13/h1-8H,9-10H2. The first-order valence-corrected chi connectivity index (χ1v) is 6.96. The van der Waals surface area contributed by atoms with E-state index in [2.05, 4.69) is 36.4 Å². The zero-order valence-electron chi connectivity index (χ0n) is 9.79. The van der Waals surface area contributed by atoms with Crippen molar-refractivity contribution in [2.24, 2.45) is 0 Å². The van der Waals surface area contributed by atoms with Gasteiger partial charge in [0.05, 0.1) is 0 Å². The van der Waals surface area contributed by atoms with Gasteiger partial charge in [0, 0.05) is 11.8 Å².